The van der Waals surface area contributed by atoms with Gasteiger partial charge in [-0.15, -0.1) is 0 Å². The van der Waals surface area contributed by atoms with Gasteiger partial charge < -0.3 is 10.1 Å². The highest BCUT2D eigenvalue weighted by Gasteiger charge is 2.16. The first-order valence-corrected chi connectivity index (χ1v) is 7.12. The molecule has 2 rings (SSSR count). The van der Waals surface area contributed by atoms with Gasteiger partial charge in [0.2, 0.25) is 0 Å². The van der Waals surface area contributed by atoms with Gasteiger partial charge in [0.25, 0.3) is 5.91 Å². The third-order valence-corrected chi connectivity index (χ3v) is 3.54. The van der Waals surface area contributed by atoms with Crippen LogP contribution in [0.3, 0.4) is 0 Å². The summed E-state index contributed by atoms with van der Waals surface area (Å²) < 4.78 is 5.60. The van der Waals surface area contributed by atoms with Crippen molar-refractivity contribution in [3.63, 3.8) is 0 Å². The summed E-state index contributed by atoms with van der Waals surface area (Å²) in [6, 6.07) is 14.1. The molecule has 4 nitrogen and oxygen atoms in total. The average molecular weight is 315 g/mol. The van der Waals surface area contributed by atoms with E-state index in [0.29, 0.717) is 22.0 Å². The minimum absolute atomic E-state index is 0.324. The number of halogens is 1. The largest absolute Gasteiger partial charge is 0.481 e. The Hall–Kier alpha value is -2.51. The van der Waals surface area contributed by atoms with Crippen molar-refractivity contribution in [1.29, 1.82) is 5.26 Å². The maximum Gasteiger partial charge on any atom is 0.265 e. The lowest BCUT2D eigenvalue weighted by Crippen LogP contribution is -2.30. The van der Waals surface area contributed by atoms with Crippen LogP contribution >= 0.6 is 11.6 Å². The predicted octanol–water partition coefficient (Wildman–Crippen LogP) is 3.93. The lowest BCUT2D eigenvalue weighted by atomic mass is 10.2. The van der Waals surface area contributed by atoms with E-state index >= 15 is 0 Å². The van der Waals surface area contributed by atoms with Crippen LogP contribution in [0.5, 0.6) is 5.75 Å². The Bertz CT molecular complexity index is 738. The maximum absolute atomic E-state index is 12.2. The molecule has 1 amide bonds. The fraction of sp³-hybridized carbons (Fsp3) is 0.176. The average Bonchev–Trinajstić information content (AvgIpc) is 2.51. The normalized spacial score (nSPS) is 11.4. The number of nitrogens with one attached hydrogen (secondary N) is 1. The molecule has 2 aromatic carbocycles. The van der Waals surface area contributed by atoms with Crippen LogP contribution in [-0.4, -0.2) is 12.0 Å². The van der Waals surface area contributed by atoms with Gasteiger partial charge in [-0.25, -0.2) is 0 Å². The van der Waals surface area contributed by atoms with E-state index in [1.54, 1.807) is 49.4 Å². The molecule has 0 heterocycles. The van der Waals surface area contributed by atoms with E-state index in [1.165, 1.54) is 0 Å². The second kappa shape index (κ2) is 6.97. The zero-order valence-corrected chi connectivity index (χ0v) is 13.0. The van der Waals surface area contributed by atoms with E-state index in [0.717, 1.165) is 5.56 Å². The third-order valence-electron chi connectivity index (χ3n) is 3.12. The maximum atomic E-state index is 12.2. The van der Waals surface area contributed by atoms with Gasteiger partial charge >= 0.3 is 0 Å². The molecule has 0 fully saturated rings. The molecule has 0 aromatic heterocycles. The summed E-state index contributed by atoms with van der Waals surface area (Å²) in [6.07, 6.45) is -0.702. The lowest BCUT2D eigenvalue weighted by molar-refractivity contribution is -0.122. The van der Waals surface area contributed by atoms with E-state index in [4.69, 9.17) is 21.6 Å². The van der Waals surface area contributed by atoms with E-state index in [2.05, 4.69) is 5.32 Å². The number of anilines is 1. The van der Waals surface area contributed by atoms with Crippen molar-refractivity contribution < 1.29 is 9.53 Å². The van der Waals surface area contributed by atoms with E-state index in [9.17, 15) is 4.79 Å². The summed E-state index contributed by atoms with van der Waals surface area (Å²) in [5, 5.41) is 12.4. The molecule has 0 bridgehead atoms. The van der Waals surface area contributed by atoms with Gasteiger partial charge in [-0.2, -0.15) is 5.26 Å². The molecule has 112 valence electrons. The Kier molecular flexibility index (Phi) is 5.03. The lowest BCUT2D eigenvalue weighted by Gasteiger charge is -2.15. The van der Waals surface area contributed by atoms with Crippen molar-refractivity contribution in [2.45, 2.75) is 20.0 Å². The number of amides is 1. The molecule has 0 aliphatic rings. The van der Waals surface area contributed by atoms with Crippen LogP contribution in [0.4, 0.5) is 5.69 Å². The zero-order chi connectivity index (χ0) is 16.1. The molecule has 5 heteroatoms. The highest BCUT2D eigenvalue weighted by molar-refractivity contribution is 6.31. The van der Waals surface area contributed by atoms with Crippen molar-refractivity contribution >= 4 is 23.2 Å². The summed E-state index contributed by atoms with van der Waals surface area (Å²) in [6.45, 7) is 3.51. The summed E-state index contributed by atoms with van der Waals surface area (Å²) in [7, 11) is 0. The summed E-state index contributed by atoms with van der Waals surface area (Å²) >= 11 is 5.95. The Morgan fingerprint density at radius 2 is 2.05 bits per heavy atom. The summed E-state index contributed by atoms with van der Waals surface area (Å²) in [5.74, 6) is 0.244. The topological polar surface area (TPSA) is 62.1 Å². The molecular formula is C17H15ClN2O2. The molecule has 0 aliphatic heterocycles. The van der Waals surface area contributed by atoms with Gasteiger partial charge in [-0.1, -0.05) is 23.7 Å². The van der Waals surface area contributed by atoms with Crippen LogP contribution in [0.25, 0.3) is 0 Å². The number of aryl methyl sites for hydroxylation is 1. The number of nitriles is 1. The number of benzene rings is 2. The third kappa shape index (κ3) is 3.78. The second-order valence-electron chi connectivity index (χ2n) is 4.82. The number of hydrogen-bond acceptors (Lipinski definition) is 3. The van der Waals surface area contributed by atoms with E-state index in [-0.39, 0.29) is 5.91 Å². The molecule has 1 unspecified atom stereocenters. The fourth-order valence-corrected chi connectivity index (χ4v) is 1.99. The number of hydrogen-bond donors (Lipinski definition) is 1. The van der Waals surface area contributed by atoms with Crippen molar-refractivity contribution in [3.8, 4) is 11.8 Å². The summed E-state index contributed by atoms with van der Waals surface area (Å²) in [5.41, 5.74) is 1.75. The molecule has 0 saturated heterocycles. The number of rotatable bonds is 4. The second-order valence-corrected chi connectivity index (χ2v) is 5.22. The molecule has 2 aromatic rings. The number of ether oxygens (including phenoxy) is 1. The highest BCUT2D eigenvalue weighted by Crippen LogP contribution is 2.22. The number of para-hydroxylation sites is 1. The van der Waals surface area contributed by atoms with Gasteiger partial charge in [-0.3, -0.25) is 4.79 Å². The number of carbonyl (C=O) groups is 1. The smallest absolute Gasteiger partial charge is 0.265 e. The van der Waals surface area contributed by atoms with E-state index < -0.39 is 6.10 Å². The van der Waals surface area contributed by atoms with Gasteiger partial charge in [0.05, 0.1) is 11.3 Å². The molecule has 0 saturated carbocycles. The highest BCUT2D eigenvalue weighted by atomic mass is 35.5. The Morgan fingerprint density at radius 3 is 2.73 bits per heavy atom. The SMILES string of the molecule is Cc1cc(OC(C)C(=O)Nc2ccccc2C#N)ccc1Cl. The molecule has 0 radical (unpaired) electrons. The number of carbonyl (C=O) groups excluding carboxylic acids is 1. The van der Waals surface area contributed by atoms with Crippen LogP contribution in [0.2, 0.25) is 5.02 Å². The van der Waals surface area contributed by atoms with Crippen molar-refractivity contribution in [2.24, 2.45) is 0 Å². The van der Waals surface area contributed by atoms with Crippen LogP contribution in [0.1, 0.15) is 18.1 Å². The molecule has 0 aliphatic carbocycles. The Labute approximate surface area is 134 Å². The molecular weight excluding hydrogens is 300 g/mol. The standard InChI is InChI=1S/C17H15ClN2O2/c1-11-9-14(7-8-15(11)18)22-12(2)17(21)20-16-6-4-3-5-13(16)10-19/h3-9,12H,1-2H3,(H,20,21). The first-order valence-electron chi connectivity index (χ1n) is 6.74. The Morgan fingerprint density at radius 1 is 1.32 bits per heavy atom. The van der Waals surface area contributed by atoms with Gasteiger partial charge in [0.1, 0.15) is 11.8 Å². The number of nitrogens with zero attached hydrogens (tertiary/aromatic N) is 1. The minimum atomic E-state index is -0.702. The zero-order valence-electron chi connectivity index (χ0n) is 12.3. The molecule has 1 atom stereocenters. The van der Waals surface area contributed by atoms with Gasteiger partial charge in [-0.05, 0) is 49.7 Å². The monoisotopic (exact) mass is 314 g/mol. The predicted molar refractivity (Wildman–Crippen MR) is 86.1 cm³/mol. The van der Waals surface area contributed by atoms with Crippen LogP contribution in [0, 0.1) is 18.3 Å². The summed E-state index contributed by atoms with van der Waals surface area (Å²) in [4.78, 5) is 12.2. The first kappa shape index (κ1) is 15.9. The molecule has 1 N–H and O–H groups in total. The first-order chi connectivity index (χ1) is 10.5. The minimum Gasteiger partial charge on any atom is -0.481 e. The van der Waals surface area contributed by atoms with Crippen molar-refractivity contribution in [3.05, 3.63) is 58.6 Å². The van der Waals surface area contributed by atoms with Gasteiger partial charge in [0.15, 0.2) is 6.10 Å². The molecule has 22 heavy (non-hydrogen) atoms. The van der Waals surface area contributed by atoms with Crippen LogP contribution in [-0.2, 0) is 4.79 Å². The van der Waals surface area contributed by atoms with Crippen molar-refractivity contribution in [2.75, 3.05) is 5.32 Å². The fourth-order valence-electron chi connectivity index (χ4n) is 1.87. The Balaban J connectivity index is 2.06. The van der Waals surface area contributed by atoms with Crippen molar-refractivity contribution in [1.82, 2.24) is 0 Å². The quantitative estimate of drug-likeness (QED) is 0.930. The van der Waals surface area contributed by atoms with Gasteiger partial charge in [0, 0.05) is 5.02 Å². The molecule has 0 spiro atoms. The van der Waals surface area contributed by atoms with E-state index in [1.807, 2.05) is 13.0 Å². The van der Waals surface area contributed by atoms with Crippen LogP contribution < -0.4 is 10.1 Å². The van der Waals surface area contributed by atoms with Crippen LogP contribution in [0.15, 0.2) is 42.5 Å².